The first-order valence-corrected chi connectivity index (χ1v) is 8.73. The molecule has 0 spiro atoms. The Labute approximate surface area is 153 Å². The number of ether oxygens (including phenoxy) is 1. The lowest BCUT2D eigenvalue weighted by Crippen LogP contribution is -2.16. The third-order valence-corrected chi connectivity index (χ3v) is 3.99. The van der Waals surface area contributed by atoms with Crippen LogP contribution in [0.2, 0.25) is 0 Å². The van der Waals surface area contributed by atoms with Gasteiger partial charge in [0.05, 0.1) is 0 Å². The van der Waals surface area contributed by atoms with Crippen molar-refractivity contribution in [3.05, 3.63) is 53.9 Å². The quantitative estimate of drug-likeness (QED) is 0.423. The van der Waals surface area contributed by atoms with Crippen molar-refractivity contribution in [3.63, 3.8) is 0 Å². The highest BCUT2D eigenvalue weighted by molar-refractivity contribution is 5.99. The molecule has 0 fully saturated rings. The number of nitrogens with zero attached hydrogens (tertiary/aromatic N) is 1. The average Bonchev–Trinajstić information content (AvgIpc) is 3.06. The van der Waals surface area contributed by atoms with E-state index in [4.69, 9.17) is 4.74 Å². The van der Waals surface area contributed by atoms with Gasteiger partial charge in [-0.3, -0.25) is 9.59 Å². The number of aromatic nitrogens is 1. The first kappa shape index (κ1) is 19.4. The van der Waals surface area contributed by atoms with Gasteiger partial charge >= 0.3 is 5.97 Å². The second kappa shape index (κ2) is 9.56. The number of carbonyl (C=O) groups excluding carboxylic acids is 3. The molecule has 2 rings (SSSR count). The second-order valence-electron chi connectivity index (χ2n) is 6.09. The lowest BCUT2D eigenvalue weighted by Gasteiger charge is -2.07. The predicted octanol–water partition coefficient (Wildman–Crippen LogP) is 3.58. The van der Waals surface area contributed by atoms with Crippen LogP contribution >= 0.6 is 0 Å². The molecule has 0 radical (unpaired) electrons. The topological polar surface area (TPSA) is 77.4 Å². The summed E-state index contributed by atoms with van der Waals surface area (Å²) >= 11 is 0. The number of benzene rings is 1. The zero-order chi connectivity index (χ0) is 18.9. The fourth-order valence-electron chi connectivity index (χ4n) is 2.46. The van der Waals surface area contributed by atoms with Gasteiger partial charge in [0.2, 0.25) is 5.91 Å². The van der Waals surface area contributed by atoms with Crippen LogP contribution in [0.1, 0.15) is 53.5 Å². The number of hydrogen-bond donors (Lipinski definition) is 1. The smallest absolute Gasteiger partial charge is 0.355 e. The summed E-state index contributed by atoms with van der Waals surface area (Å²) in [7, 11) is 1.73. The van der Waals surface area contributed by atoms with E-state index in [0.717, 1.165) is 19.3 Å². The number of esters is 1. The normalized spacial score (nSPS) is 10.4. The Balaban J connectivity index is 1.83. The van der Waals surface area contributed by atoms with Crippen LogP contribution in [0.5, 0.6) is 0 Å². The summed E-state index contributed by atoms with van der Waals surface area (Å²) in [4.78, 5) is 35.8. The molecule has 6 heteroatoms. The number of Topliss-reactive ketones (excluding diaryl/α,β-unsaturated/α-hetero) is 1. The van der Waals surface area contributed by atoms with Gasteiger partial charge in [-0.2, -0.15) is 0 Å². The Hall–Kier alpha value is -2.89. The molecule has 1 aromatic carbocycles. The van der Waals surface area contributed by atoms with Gasteiger partial charge in [0, 0.05) is 30.9 Å². The van der Waals surface area contributed by atoms with E-state index in [9.17, 15) is 14.4 Å². The molecule has 0 saturated heterocycles. The van der Waals surface area contributed by atoms with Gasteiger partial charge in [-0.25, -0.2) is 4.79 Å². The molecule has 1 aromatic heterocycles. The zero-order valence-corrected chi connectivity index (χ0v) is 15.2. The Morgan fingerprint density at radius 2 is 1.81 bits per heavy atom. The van der Waals surface area contributed by atoms with Crippen LogP contribution in [0.4, 0.5) is 5.69 Å². The third-order valence-electron chi connectivity index (χ3n) is 3.99. The molecule has 0 aliphatic carbocycles. The first-order valence-electron chi connectivity index (χ1n) is 8.73. The predicted molar refractivity (Wildman–Crippen MR) is 99.2 cm³/mol. The van der Waals surface area contributed by atoms with Crippen LogP contribution in [-0.2, 0) is 16.6 Å². The van der Waals surface area contributed by atoms with E-state index in [1.54, 1.807) is 54.2 Å². The number of hydrogen-bond acceptors (Lipinski definition) is 4. The van der Waals surface area contributed by atoms with Crippen LogP contribution in [0.15, 0.2) is 42.6 Å². The lowest BCUT2D eigenvalue weighted by atomic mass is 10.1. The fourth-order valence-corrected chi connectivity index (χ4v) is 2.46. The maximum absolute atomic E-state index is 12.1. The van der Waals surface area contributed by atoms with Crippen LogP contribution in [-0.4, -0.2) is 28.8 Å². The van der Waals surface area contributed by atoms with Crippen molar-refractivity contribution >= 4 is 23.3 Å². The summed E-state index contributed by atoms with van der Waals surface area (Å²) < 4.78 is 6.68. The maximum Gasteiger partial charge on any atom is 0.355 e. The minimum atomic E-state index is -0.540. The number of aryl methyl sites for hydroxylation is 1. The molecule has 0 unspecified atom stereocenters. The van der Waals surface area contributed by atoms with Gasteiger partial charge in [0.15, 0.2) is 12.4 Å². The minimum absolute atomic E-state index is 0.0333. The summed E-state index contributed by atoms with van der Waals surface area (Å²) in [6.45, 7) is 1.76. The molecule has 1 amide bonds. The minimum Gasteiger partial charge on any atom is -0.453 e. The third kappa shape index (κ3) is 5.58. The number of ketones is 1. The van der Waals surface area contributed by atoms with E-state index in [0.29, 0.717) is 23.4 Å². The SMILES string of the molecule is CCCCCC(=O)Nc1ccc(C(=O)COC(=O)c2cccn2C)cc1. The fraction of sp³-hybridized carbons (Fsp3) is 0.350. The van der Waals surface area contributed by atoms with Crippen molar-refractivity contribution in [2.24, 2.45) is 7.05 Å². The Kier molecular flexibility index (Phi) is 7.14. The molecule has 0 saturated carbocycles. The van der Waals surface area contributed by atoms with Crippen molar-refractivity contribution in [1.82, 2.24) is 4.57 Å². The molecular weight excluding hydrogens is 332 g/mol. The summed E-state index contributed by atoms with van der Waals surface area (Å²) in [6, 6.07) is 9.92. The van der Waals surface area contributed by atoms with Crippen LogP contribution in [0.25, 0.3) is 0 Å². The summed E-state index contributed by atoms with van der Waals surface area (Å²) in [6.07, 6.45) is 5.18. The summed E-state index contributed by atoms with van der Waals surface area (Å²) in [5.74, 6) is -0.871. The molecule has 26 heavy (non-hydrogen) atoms. The monoisotopic (exact) mass is 356 g/mol. The first-order chi connectivity index (χ1) is 12.5. The number of anilines is 1. The van der Waals surface area contributed by atoms with Gasteiger partial charge in [0.1, 0.15) is 5.69 Å². The standard InChI is InChI=1S/C20H24N2O4/c1-3-4-5-8-19(24)21-16-11-9-15(10-12-16)18(23)14-26-20(25)17-7-6-13-22(17)2/h6-7,9-13H,3-5,8,14H2,1-2H3,(H,21,24). The van der Waals surface area contributed by atoms with E-state index in [1.165, 1.54) is 0 Å². The maximum atomic E-state index is 12.1. The second-order valence-corrected chi connectivity index (χ2v) is 6.09. The van der Waals surface area contributed by atoms with Gasteiger partial charge in [-0.1, -0.05) is 19.8 Å². The Morgan fingerprint density at radius 1 is 1.08 bits per heavy atom. The van der Waals surface area contributed by atoms with Gasteiger partial charge in [-0.05, 0) is 42.8 Å². The largest absolute Gasteiger partial charge is 0.453 e. The van der Waals surface area contributed by atoms with Crippen molar-refractivity contribution < 1.29 is 19.1 Å². The number of unbranched alkanes of at least 4 members (excludes halogenated alkanes) is 2. The molecule has 1 N–H and O–H groups in total. The van der Waals surface area contributed by atoms with Crippen molar-refractivity contribution in [2.45, 2.75) is 32.6 Å². The zero-order valence-electron chi connectivity index (χ0n) is 15.2. The van der Waals surface area contributed by atoms with Crippen molar-refractivity contribution in [3.8, 4) is 0 Å². The molecule has 1 heterocycles. The molecule has 0 bridgehead atoms. The molecule has 0 aliphatic rings. The highest BCUT2D eigenvalue weighted by atomic mass is 16.5. The molecular formula is C20H24N2O4. The number of nitrogens with one attached hydrogen (secondary N) is 1. The number of amides is 1. The van der Waals surface area contributed by atoms with Crippen LogP contribution in [0, 0.1) is 0 Å². The Bertz CT molecular complexity index is 762. The Morgan fingerprint density at radius 3 is 2.42 bits per heavy atom. The van der Waals surface area contributed by atoms with E-state index >= 15 is 0 Å². The highest BCUT2D eigenvalue weighted by Crippen LogP contribution is 2.12. The summed E-state index contributed by atoms with van der Waals surface area (Å²) in [5, 5.41) is 2.80. The molecule has 2 aromatic rings. The number of carbonyl (C=O) groups is 3. The molecule has 6 nitrogen and oxygen atoms in total. The van der Waals surface area contributed by atoms with Gasteiger partial charge < -0.3 is 14.6 Å². The van der Waals surface area contributed by atoms with Gasteiger partial charge in [-0.15, -0.1) is 0 Å². The van der Waals surface area contributed by atoms with Crippen molar-refractivity contribution in [2.75, 3.05) is 11.9 Å². The molecule has 138 valence electrons. The highest BCUT2D eigenvalue weighted by Gasteiger charge is 2.14. The van der Waals surface area contributed by atoms with Crippen LogP contribution < -0.4 is 5.32 Å². The molecule has 0 aliphatic heterocycles. The lowest BCUT2D eigenvalue weighted by molar-refractivity contribution is -0.116. The van der Waals surface area contributed by atoms with Crippen molar-refractivity contribution in [1.29, 1.82) is 0 Å². The number of rotatable bonds is 9. The average molecular weight is 356 g/mol. The van der Waals surface area contributed by atoms with E-state index < -0.39 is 5.97 Å². The summed E-state index contributed by atoms with van der Waals surface area (Å²) in [5.41, 5.74) is 1.46. The van der Waals surface area contributed by atoms with E-state index in [2.05, 4.69) is 12.2 Å². The van der Waals surface area contributed by atoms with Crippen LogP contribution in [0.3, 0.4) is 0 Å². The van der Waals surface area contributed by atoms with E-state index in [-0.39, 0.29) is 18.3 Å². The van der Waals surface area contributed by atoms with E-state index in [1.807, 2.05) is 0 Å². The van der Waals surface area contributed by atoms with Gasteiger partial charge in [0.25, 0.3) is 0 Å². The molecule has 0 atom stereocenters.